The zero-order valence-corrected chi connectivity index (χ0v) is 8.45. The predicted molar refractivity (Wildman–Crippen MR) is 52.2 cm³/mol. The lowest BCUT2D eigenvalue weighted by Crippen LogP contribution is -2.50. The van der Waals surface area contributed by atoms with Gasteiger partial charge in [-0.1, -0.05) is 12.2 Å². The van der Waals surface area contributed by atoms with E-state index < -0.39 is 0 Å². The molecule has 3 N–H and O–H groups in total. The molecule has 3 atom stereocenters. The molecule has 0 radical (unpaired) electrons. The highest BCUT2D eigenvalue weighted by atomic mass is 16.5. The van der Waals surface area contributed by atoms with Crippen LogP contribution in [0.4, 0.5) is 0 Å². The SMILES string of the molecule is [NH3+]CCCOC(=O)C1CC2C=CC1C2. The highest BCUT2D eigenvalue weighted by molar-refractivity contribution is 5.74. The summed E-state index contributed by atoms with van der Waals surface area (Å²) in [7, 11) is 0. The van der Waals surface area contributed by atoms with Crippen LogP contribution in [-0.4, -0.2) is 19.1 Å². The van der Waals surface area contributed by atoms with Crippen LogP contribution in [0.3, 0.4) is 0 Å². The quantitative estimate of drug-likeness (QED) is 0.401. The van der Waals surface area contributed by atoms with E-state index in [-0.39, 0.29) is 11.9 Å². The Kier molecular flexibility index (Phi) is 2.87. The number of hydrogen-bond acceptors (Lipinski definition) is 2. The third-order valence-electron chi connectivity index (χ3n) is 3.22. The van der Waals surface area contributed by atoms with Gasteiger partial charge in [0.2, 0.25) is 0 Å². The zero-order chi connectivity index (χ0) is 9.97. The van der Waals surface area contributed by atoms with Gasteiger partial charge >= 0.3 is 5.97 Å². The van der Waals surface area contributed by atoms with Crippen LogP contribution < -0.4 is 5.73 Å². The van der Waals surface area contributed by atoms with E-state index in [1.165, 1.54) is 0 Å². The zero-order valence-electron chi connectivity index (χ0n) is 8.45. The summed E-state index contributed by atoms with van der Waals surface area (Å²) in [5, 5.41) is 0. The molecular formula is C11H18NO2+. The molecule has 78 valence electrons. The van der Waals surface area contributed by atoms with Crippen molar-refractivity contribution in [3.8, 4) is 0 Å². The maximum atomic E-state index is 11.6. The van der Waals surface area contributed by atoms with Crippen molar-refractivity contribution in [2.24, 2.45) is 17.8 Å². The molecule has 2 aliphatic carbocycles. The van der Waals surface area contributed by atoms with Crippen LogP contribution >= 0.6 is 0 Å². The molecule has 0 aliphatic heterocycles. The van der Waals surface area contributed by atoms with Crippen molar-refractivity contribution in [2.45, 2.75) is 19.3 Å². The highest BCUT2D eigenvalue weighted by Crippen LogP contribution is 2.43. The van der Waals surface area contributed by atoms with E-state index >= 15 is 0 Å². The molecular weight excluding hydrogens is 178 g/mol. The topological polar surface area (TPSA) is 53.9 Å². The Morgan fingerprint density at radius 1 is 1.43 bits per heavy atom. The van der Waals surface area contributed by atoms with E-state index in [2.05, 4.69) is 17.9 Å². The molecule has 3 nitrogen and oxygen atoms in total. The van der Waals surface area contributed by atoms with E-state index in [1.54, 1.807) is 0 Å². The summed E-state index contributed by atoms with van der Waals surface area (Å²) in [6, 6.07) is 0. The molecule has 3 unspecified atom stereocenters. The van der Waals surface area contributed by atoms with Gasteiger partial charge < -0.3 is 10.5 Å². The van der Waals surface area contributed by atoms with Gasteiger partial charge in [-0.05, 0) is 24.7 Å². The number of fused-ring (bicyclic) bond motifs is 2. The van der Waals surface area contributed by atoms with Gasteiger partial charge in [0.15, 0.2) is 0 Å². The fraction of sp³-hybridized carbons (Fsp3) is 0.727. The molecule has 0 aromatic heterocycles. The van der Waals surface area contributed by atoms with Crippen molar-refractivity contribution >= 4 is 5.97 Å². The predicted octanol–water partition coefficient (Wildman–Crippen LogP) is 0.374. The van der Waals surface area contributed by atoms with Crippen molar-refractivity contribution in [1.82, 2.24) is 0 Å². The van der Waals surface area contributed by atoms with Gasteiger partial charge in [-0.2, -0.15) is 0 Å². The standard InChI is InChI=1S/C11H17NO2/c12-4-1-5-14-11(13)10-7-8-2-3-9(10)6-8/h2-3,8-10H,1,4-7,12H2/p+1. The summed E-state index contributed by atoms with van der Waals surface area (Å²) in [6.07, 6.45) is 7.47. The van der Waals surface area contributed by atoms with Gasteiger partial charge in [0.25, 0.3) is 0 Å². The van der Waals surface area contributed by atoms with Gasteiger partial charge in [-0.15, -0.1) is 0 Å². The monoisotopic (exact) mass is 196 g/mol. The van der Waals surface area contributed by atoms with E-state index in [4.69, 9.17) is 4.74 Å². The molecule has 0 aromatic rings. The van der Waals surface area contributed by atoms with Crippen LogP contribution in [0, 0.1) is 17.8 Å². The van der Waals surface area contributed by atoms with Crippen LogP contribution in [-0.2, 0) is 9.53 Å². The van der Waals surface area contributed by atoms with Gasteiger partial charge in [-0.25, -0.2) is 0 Å². The van der Waals surface area contributed by atoms with Crippen LogP contribution in [0.15, 0.2) is 12.2 Å². The average Bonchev–Trinajstić information content (AvgIpc) is 2.79. The second-order valence-electron chi connectivity index (χ2n) is 4.26. The first-order valence-electron chi connectivity index (χ1n) is 5.45. The fourth-order valence-corrected chi connectivity index (χ4v) is 2.43. The minimum absolute atomic E-state index is 0.00954. The fourth-order valence-electron chi connectivity index (χ4n) is 2.43. The molecule has 0 amide bonds. The van der Waals surface area contributed by atoms with Crippen molar-refractivity contribution in [3.05, 3.63) is 12.2 Å². The van der Waals surface area contributed by atoms with Gasteiger partial charge in [0.1, 0.15) is 0 Å². The van der Waals surface area contributed by atoms with Crippen LogP contribution in [0.2, 0.25) is 0 Å². The molecule has 1 fully saturated rings. The Labute approximate surface area is 84.3 Å². The molecule has 1 saturated carbocycles. The lowest BCUT2D eigenvalue weighted by atomic mass is 9.94. The lowest BCUT2D eigenvalue weighted by Gasteiger charge is -2.16. The normalized spacial score (nSPS) is 33.6. The highest BCUT2D eigenvalue weighted by Gasteiger charge is 2.40. The Bertz CT molecular complexity index is 250. The number of allylic oxidation sites excluding steroid dienone is 2. The first kappa shape index (κ1) is 9.71. The molecule has 0 aromatic carbocycles. The third kappa shape index (κ3) is 1.82. The molecule has 14 heavy (non-hydrogen) atoms. The number of carbonyl (C=O) groups excluding carboxylic acids is 1. The molecule has 2 rings (SSSR count). The molecule has 0 heterocycles. The van der Waals surface area contributed by atoms with Gasteiger partial charge in [-0.3, -0.25) is 4.79 Å². The van der Waals surface area contributed by atoms with Crippen LogP contribution in [0.5, 0.6) is 0 Å². The molecule has 0 spiro atoms. The Hall–Kier alpha value is -0.830. The summed E-state index contributed by atoms with van der Waals surface area (Å²) >= 11 is 0. The maximum Gasteiger partial charge on any atom is 0.309 e. The summed E-state index contributed by atoms with van der Waals surface area (Å²) in [5.41, 5.74) is 3.72. The number of ether oxygens (including phenoxy) is 1. The smallest absolute Gasteiger partial charge is 0.309 e. The summed E-state index contributed by atoms with van der Waals surface area (Å²) in [6.45, 7) is 1.38. The van der Waals surface area contributed by atoms with E-state index in [1.807, 2.05) is 0 Å². The number of esters is 1. The molecule has 0 saturated heterocycles. The van der Waals surface area contributed by atoms with Crippen LogP contribution in [0.1, 0.15) is 19.3 Å². The van der Waals surface area contributed by atoms with Crippen molar-refractivity contribution in [1.29, 1.82) is 0 Å². The number of hydrogen-bond donors (Lipinski definition) is 1. The molecule has 2 bridgehead atoms. The number of rotatable bonds is 4. The van der Waals surface area contributed by atoms with E-state index in [0.29, 0.717) is 18.4 Å². The maximum absolute atomic E-state index is 11.6. The van der Waals surface area contributed by atoms with Crippen LogP contribution in [0.25, 0.3) is 0 Å². The third-order valence-corrected chi connectivity index (χ3v) is 3.22. The lowest BCUT2D eigenvalue weighted by molar-refractivity contribution is -0.369. The van der Waals surface area contributed by atoms with E-state index in [9.17, 15) is 4.79 Å². The van der Waals surface area contributed by atoms with Gasteiger partial charge in [0, 0.05) is 6.42 Å². The van der Waals surface area contributed by atoms with Crippen molar-refractivity contribution in [3.63, 3.8) is 0 Å². The largest absolute Gasteiger partial charge is 0.465 e. The van der Waals surface area contributed by atoms with Crippen molar-refractivity contribution in [2.75, 3.05) is 13.2 Å². The Balaban J connectivity index is 1.79. The average molecular weight is 196 g/mol. The second-order valence-corrected chi connectivity index (χ2v) is 4.26. The Morgan fingerprint density at radius 3 is 2.86 bits per heavy atom. The summed E-state index contributed by atoms with van der Waals surface area (Å²) in [4.78, 5) is 11.6. The van der Waals surface area contributed by atoms with Crippen molar-refractivity contribution < 1.29 is 15.3 Å². The summed E-state index contributed by atoms with van der Waals surface area (Å²) in [5.74, 6) is 1.27. The number of quaternary nitrogens is 1. The van der Waals surface area contributed by atoms with Gasteiger partial charge in [0.05, 0.1) is 19.1 Å². The Morgan fingerprint density at radius 2 is 2.29 bits per heavy atom. The summed E-state index contributed by atoms with van der Waals surface area (Å²) < 4.78 is 5.21. The van der Waals surface area contributed by atoms with E-state index in [0.717, 1.165) is 25.8 Å². The molecule has 2 aliphatic rings. The first-order chi connectivity index (χ1) is 6.81. The number of carbonyl (C=O) groups is 1. The minimum atomic E-state index is 0.00954. The molecule has 3 heteroatoms. The first-order valence-corrected chi connectivity index (χ1v) is 5.45. The minimum Gasteiger partial charge on any atom is -0.465 e. The second kappa shape index (κ2) is 4.13.